The van der Waals surface area contributed by atoms with Gasteiger partial charge in [0.2, 0.25) is 8.53 Å². The summed E-state index contributed by atoms with van der Waals surface area (Å²) in [6.07, 6.45) is 0.327. The van der Waals surface area contributed by atoms with E-state index in [0.717, 1.165) is 0 Å². The molecule has 0 saturated heterocycles. The van der Waals surface area contributed by atoms with Crippen LogP contribution in [0.25, 0.3) is 0 Å². The first-order valence-corrected chi connectivity index (χ1v) is 8.51. The average molecular weight is 300 g/mol. The van der Waals surface area contributed by atoms with Crippen LogP contribution in [0.1, 0.15) is 34.1 Å². The maximum Gasteiger partial charge on any atom is 0.345 e. The highest BCUT2D eigenvalue weighted by atomic mass is 31.2. The van der Waals surface area contributed by atoms with Gasteiger partial charge in [0, 0.05) is 6.04 Å². The first-order valence-electron chi connectivity index (χ1n) is 5.48. The van der Waals surface area contributed by atoms with Gasteiger partial charge in [-0.05, 0) is 27.7 Å². The van der Waals surface area contributed by atoms with E-state index in [1.807, 2.05) is 19.9 Å². The highest BCUT2D eigenvalue weighted by Gasteiger charge is 2.46. The van der Waals surface area contributed by atoms with Gasteiger partial charge in [-0.3, -0.25) is 5.50 Å². The molecular formula is C9H24N3O4P2+. The minimum absolute atomic E-state index is 0.0501. The molecule has 0 unspecified atom stereocenters. The van der Waals surface area contributed by atoms with E-state index >= 15 is 0 Å². The van der Waals surface area contributed by atoms with Gasteiger partial charge in [0.05, 0.1) is 19.0 Å². The summed E-state index contributed by atoms with van der Waals surface area (Å²) in [6.45, 7) is 7.81. The first kappa shape index (κ1) is 20.4. The summed E-state index contributed by atoms with van der Waals surface area (Å²) in [7, 11) is -5.15. The standard InChI is InChI=1S/C9H20N2O2P.H4NO2P/c1-8(2)11(7-5-6-10)14(12,13)9(3)4;1-4(2)3/h8-9,12-13H,5,7H2,1-4H3;2-3H,1H2/q+1;. The monoisotopic (exact) mass is 300 g/mol. The highest BCUT2D eigenvalue weighted by molar-refractivity contribution is 7.62. The van der Waals surface area contributed by atoms with E-state index in [4.69, 9.17) is 15.0 Å². The number of rotatable bonds is 5. The van der Waals surface area contributed by atoms with Gasteiger partial charge in [-0.1, -0.05) is 0 Å². The van der Waals surface area contributed by atoms with E-state index in [9.17, 15) is 9.79 Å². The van der Waals surface area contributed by atoms with Crippen LogP contribution in [-0.4, -0.2) is 42.5 Å². The van der Waals surface area contributed by atoms with Crippen LogP contribution in [0.3, 0.4) is 0 Å². The Bertz CT molecular complexity index is 254. The van der Waals surface area contributed by atoms with Crippen molar-refractivity contribution in [2.75, 3.05) is 6.54 Å². The minimum atomic E-state index is -3.03. The molecule has 6 N–H and O–H groups in total. The van der Waals surface area contributed by atoms with Crippen molar-refractivity contribution >= 4 is 16.4 Å². The summed E-state index contributed by atoms with van der Waals surface area (Å²) in [5.74, 6) is 0. The third-order valence-corrected chi connectivity index (χ3v) is 4.92. The van der Waals surface area contributed by atoms with Crippen molar-refractivity contribution in [1.82, 2.24) is 4.67 Å². The van der Waals surface area contributed by atoms with Crippen molar-refractivity contribution in [1.29, 1.82) is 5.26 Å². The molecule has 0 radical (unpaired) electrons. The summed E-state index contributed by atoms with van der Waals surface area (Å²) < 4.78 is 1.64. The molecule has 0 atom stereocenters. The molecule has 0 aromatic carbocycles. The van der Waals surface area contributed by atoms with Crippen molar-refractivity contribution in [3.05, 3.63) is 0 Å². The number of nitriles is 1. The van der Waals surface area contributed by atoms with Crippen LogP contribution in [0.2, 0.25) is 0 Å². The SMILES string of the molecule is CC(C)N(CCC#N)[P+](O)(O)C(C)C.NP(O)O. The van der Waals surface area contributed by atoms with Crippen molar-refractivity contribution in [2.24, 2.45) is 5.50 Å². The molecule has 0 heterocycles. The Morgan fingerprint density at radius 3 is 1.89 bits per heavy atom. The van der Waals surface area contributed by atoms with E-state index in [0.29, 0.717) is 13.0 Å². The molecule has 18 heavy (non-hydrogen) atoms. The largest absolute Gasteiger partial charge is 0.345 e. The van der Waals surface area contributed by atoms with E-state index in [-0.39, 0.29) is 11.7 Å². The Hall–Kier alpha value is 0.110. The van der Waals surface area contributed by atoms with Gasteiger partial charge in [0.25, 0.3) is 0 Å². The molecule has 0 spiro atoms. The fourth-order valence-electron chi connectivity index (χ4n) is 1.21. The molecule has 9 heteroatoms. The molecule has 0 bridgehead atoms. The van der Waals surface area contributed by atoms with Gasteiger partial charge >= 0.3 is 7.87 Å². The fourth-order valence-corrected chi connectivity index (χ4v) is 2.87. The number of hydrogen-bond acceptors (Lipinski definition) is 7. The third-order valence-electron chi connectivity index (χ3n) is 2.12. The zero-order valence-corrected chi connectivity index (χ0v) is 13.0. The normalized spacial score (nSPS) is 11.8. The quantitative estimate of drug-likeness (QED) is 0.477. The third kappa shape index (κ3) is 9.09. The molecule has 0 aromatic heterocycles. The van der Waals surface area contributed by atoms with E-state index in [1.54, 1.807) is 18.5 Å². The lowest BCUT2D eigenvalue weighted by Gasteiger charge is -2.30. The molecule has 0 aliphatic heterocycles. The lowest BCUT2D eigenvalue weighted by atomic mass is 10.3. The Balaban J connectivity index is 0. The second-order valence-corrected chi connectivity index (χ2v) is 7.61. The van der Waals surface area contributed by atoms with E-state index in [2.05, 4.69) is 5.50 Å². The molecule has 7 nitrogen and oxygen atoms in total. The van der Waals surface area contributed by atoms with Crippen LogP contribution in [0.15, 0.2) is 0 Å². The van der Waals surface area contributed by atoms with Crippen LogP contribution < -0.4 is 5.50 Å². The van der Waals surface area contributed by atoms with Gasteiger partial charge in [-0.15, -0.1) is 4.67 Å². The fraction of sp³-hybridized carbons (Fsp3) is 0.889. The lowest BCUT2D eigenvalue weighted by Crippen LogP contribution is -2.34. The predicted molar refractivity (Wildman–Crippen MR) is 74.1 cm³/mol. The molecule has 0 amide bonds. The second kappa shape index (κ2) is 9.96. The van der Waals surface area contributed by atoms with E-state index in [1.165, 1.54) is 0 Å². The van der Waals surface area contributed by atoms with Crippen LogP contribution in [0.5, 0.6) is 0 Å². The van der Waals surface area contributed by atoms with E-state index < -0.39 is 16.4 Å². The molecule has 0 aromatic rings. The molecule has 0 aliphatic carbocycles. The van der Waals surface area contributed by atoms with Crippen LogP contribution in [-0.2, 0) is 0 Å². The number of hydrogen-bond donors (Lipinski definition) is 5. The van der Waals surface area contributed by atoms with Crippen molar-refractivity contribution in [3.63, 3.8) is 0 Å². The first-order chi connectivity index (χ1) is 8.07. The molecule has 108 valence electrons. The molecule has 0 fully saturated rings. The molecule has 0 saturated carbocycles. The molecule has 0 aliphatic rings. The summed E-state index contributed by atoms with van der Waals surface area (Å²) in [5, 5.41) is 8.47. The van der Waals surface area contributed by atoms with Gasteiger partial charge in [0.15, 0.2) is 0 Å². The van der Waals surface area contributed by atoms with Gasteiger partial charge in [-0.25, -0.2) is 9.79 Å². The summed E-state index contributed by atoms with van der Waals surface area (Å²) in [5.41, 5.74) is 4.11. The minimum Gasteiger partial charge on any atom is -0.338 e. The summed E-state index contributed by atoms with van der Waals surface area (Å²) in [4.78, 5) is 34.8. The topological polar surface area (TPSA) is 134 Å². The maximum atomic E-state index is 9.93. The predicted octanol–water partition coefficient (Wildman–Crippen LogP) is 0.923. The zero-order valence-electron chi connectivity index (χ0n) is 11.2. The lowest BCUT2D eigenvalue weighted by molar-refractivity contribution is 0.273. The highest BCUT2D eigenvalue weighted by Crippen LogP contribution is 2.58. The van der Waals surface area contributed by atoms with Crippen LogP contribution >= 0.6 is 16.4 Å². The molecule has 0 rings (SSSR count). The maximum absolute atomic E-state index is 9.93. The molecular weight excluding hydrogens is 276 g/mol. The summed E-state index contributed by atoms with van der Waals surface area (Å²) in [6, 6.07) is 2.07. The Morgan fingerprint density at radius 1 is 1.28 bits per heavy atom. The van der Waals surface area contributed by atoms with Crippen LogP contribution in [0, 0.1) is 11.3 Å². The van der Waals surface area contributed by atoms with Crippen molar-refractivity contribution in [2.45, 2.75) is 45.8 Å². The Kier molecular flexibility index (Phi) is 11.3. The average Bonchev–Trinajstić information content (AvgIpc) is 2.16. The van der Waals surface area contributed by atoms with Gasteiger partial charge < -0.3 is 9.79 Å². The number of nitrogens with two attached hydrogens (primary N) is 1. The Morgan fingerprint density at radius 2 is 1.67 bits per heavy atom. The van der Waals surface area contributed by atoms with Gasteiger partial charge in [0.1, 0.15) is 5.66 Å². The summed E-state index contributed by atoms with van der Waals surface area (Å²) >= 11 is 0. The van der Waals surface area contributed by atoms with Crippen molar-refractivity contribution in [3.8, 4) is 6.07 Å². The van der Waals surface area contributed by atoms with Gasteiger partial charge in [-0.2, -0.15) is 5.26 Å². The second-order valence-electron chi connectivity index (χ2n) is 4.19. The smallest absolute Gasteiger partial charge is 0.338 e. The van der Waals surface area contributed by atoms with Crippen LogP contribution in [0.4, 0.5) is 0 Å². The zero-order chi connectivity index (χ0) is 14.9. The Labute approximate surface area is 110 Å². The number of nitrogens with zero attached hydrogens (tertiary/aromatic N) is 2. The van der Waals surface area contributed by atoms with Crippen molar-refractivity contribution < 1.29 is 19.6 Å².